The first-order chi connectivity index (χ1) is 25.8. The molecule has 8 unspecified atom stereocenters. The molecule has 1 aliphatic carbocycles. The summed E-state index contributed by atoms with van der Waals surface area (Å²) in [4.78, 5) is 23.3. The molecule has 1 aliphatic rings. The van der Waals surface area contributed by atoms with Crippen LogP contribution in [0.3, 0.4) is 0 Å². The molecule has 1 fully saturated rings. The molecule has 0 saturated heterocycles. The Bertz CT molecular complexity index is 990. The number of rotatable bonds is 34. The van der Waals surface area contributed by atoms with Gasteiger partial charge in [-0.05, 0) is 19.3 Å². The molecule has 14 heteroatoms. The molecule has 0 aliphatic heterocycles. The van der Waals surface area contributed by atoms with Gasteiger partial charge in [0.05, 0.1) is 31.3 Å². The van der Waals surface area contributed by atoms with Crippen molar-refractivity contribution in [3.8, 4) is 0 Å². The summed E-state index contributed by atoms with van der Waals surface area (Å²) in [6, 6.07) is -1.23. The van der Waals surface area contributed by atoms with Gasteiger partial charge in [0.15, 0.2) is 0 Å². The highest BCUT2D eigenvalue weighted by Crippen LogP contribution is 2.47. The lowest BCUT2D eigenvalue weighted by atomic mass is 9.85. The number of amides is 1. The van der Waals surface area contributed by atoms with Crippen molar-refractivity contribution in [1.82, 2.24) is 5.32 Å². The van der Waals surface area contributed by atoms with Crippen molar-refractivity contribution in [2.75, 3.05) is 6.61 Å². The number of aliphatic hydroxyl groups excluding tert-OH is 7. The van der Waals surface area contributed by atoms with E-state index >= 15 is 0 Å². The van der Waals surface area contributed by atoms with Crippen LogP contribution in [0.2, 0.25) is 0 Å². The third-order valence-corrected chi connectivity index (χ3v) is 11.4. The van der Waals surface area contributed by atoms with Gasteiger partial charge in [0.1, 0.15) is 36.6 Å². The fraction of sp³-hybridized carbons (Fsp3) is 0.925. The number of nitrogens with one attached hydrogen (secondary N) is 1. The van der Waals surface area contributed by atoms with Gasteiger partial charge in [0.2, 0.25) is 5.91 Å². The first-order valence-electron chi connectivity index (χ1n) is 21.2. The standard InChI is InChI=1S/C40H78NO12P/c1-3-5-7-9-11-13-15-16-17-18-19-21-23-25-27-31(42)29-34(44)41-32(33(43)28-26-24-22-20-14-12-10-8-6-4-2)30-52-54(50,51)53-40-38(48)36(46)35(45)37(47)39(40)49/h26,28,31-33,35-40,42-43,45-49H,3-25,27,29-30H2,1-2H3,(H,41,44)(H,50,51)/b28-26+. The quantitative estimate of drug-likeness (QED) is 0.0212. The van der Waals surface area contributed by atoms with E-state index in [1.165, 1.54) is 102 Å². The Morgan fingerprint density at radius 2 is 1.06 bits per heavy atom. The SMILES string of the molecule is CCCCCCCCCC/C=C/C(O)C(COP(=O)(O)OC1C(O)C(O)C(O)C(O)C1O)NC(=O)CC(O)CCCCCCCCCCCCCCCC. The molecule has 320 valence electrons. The van der Waals surface area contributed by atoms with E-state index in [2.05, 4.69) is 19.2 Å². The van der Waals surface area contributed by atoms with Crippen molar-refractivity contribution in [1.29, 1.82) is 0 Å². The van der Waals surface area contributed by atoms with Crippen LogP contribution in [0.1, 0.15) is 174 Å². The van der Waals surface area contributed by atoms with E-state index < -0.39 is 75.2 Å². The molecule has 0 heterocycles. The number of hydrogen-bond donors (Lipinski definition) is 9. The smallest absolute Gasteiger partial charge is 0.393 e. The maximum atomic E-state index is 12.9. The molecule has 8 atom stereocenters. The number of aliphatic hydroxyl groups is 7. The maximum Gasteiger partial charge on any atom is 0.472 e. The van der Waals surface area contributed by atoms with Gasteiger partial charge in [-0.3, -0.25) is 13.8 Å². The van der Waals surface area contributed by atoms with Crippen molar-refractivity contribution < 1.29 is 59.0 Å². The lowest BCUT2D eigenvalue weighted by Crippen LogP contribution is -2.64. The van der Waals surface area contributed by atoms with E-state index in [-0.39, 0.29) is 6.42 Å². The molecule has 0 aromatic carbocycles. The lowest BCUT2D eigenvalue weighted by molar-refractivity contribution is -0.220. The van der Waals surface area contributed by atoms with Crippen molar-refractivity contribution in [2.24, 2.45) is 0 Å². The van der Waals surface area contributed by atoms with Gasteiger partial charge < -0.3 is 46.0 Å². The Kier molecular flexibility index (Phi) is 29.4. The number of carbonyl (C=O) groups is 1. The molecule has 0 aromatic heterocycles. The summed E-state index contributed by atoms with van der Waals surface area (Å²) in [6.07, 6.45) is 16.1. The molecular weight excluding hydrogens is 717 g/mol. The number of allylic oxidation sites excluding steroid dienone is 1. The molecule has 54 heavy (non-hydrogen) atoms. The normalized spacial score (nSPS) is 24.7. The first-order valence-corrected chi connectivity index (χ1v) is 22.7. The number of hydrogen-bond acceptors (Lipinski definition) is 11. The highest BCUT2D eigenvalue weighted by Gasteiger charge is 2.51. The number of phosphoric acid groups is 1. The number of carbonyl (C=O) groups excluding carboxylic acids is 1. The topological polar surface area (TPSA) is 226 Å². The zero-order valence-corrected chi connectivity index (χ0v) is 34.3. The molecule has 0 bridgehead atoms. The van der Waals surface area contributed by atoms with Crippen molar-refractivity contribution in [2.45, 2.75) is 229 Å². The summed E-state index contributed by atoms with van der Waals surface area (Å²) in [5.41, 5.74) is 0. The minimum Gasteiger partial charge on any atom is -0.393 e. The zero-order chi connectivity index (χ0) is 40.2. The van der Waals surface area contributed by atoms with Gasteiger partial charge in [-0.2, -0.15) is 0 Å². The average Bonchev–Trinajstić information content (AvgIpc) is 3.14. The second-order valence-corrected chi connectivity index (χ2v) is 16.8. The predicted octanol–water partition coefficient (Wildman–Crippen LogP) is 5.86. The zero-order valence-electron chi connectivity index (χ0n) is 33.4. The fourth-order valence-corrected chi connectivity index (χ4v) is 7.79. The minimum absolute atomic E-state index is 0.241. The van der Waals surface area contributed by atoms with E-state index in [0.717, 1.165) is 44.9 Å². The highest BCUT2D eigenvalue weighted by atomic mass is 31.2. The van der Waals surface area contributed by atoms with Crippen LogP contribution in [0.25, 0.3) is 0 Å². The molecular formula is C40H78NO12P. The van der Waals surface area contributed by atoms with E-state index in [0.29, 0.717) is 12.8 Å². The average molecular weight is 796 g/mol. The summed E-state index contributed by atoms with van der Waals surface area (Å²) in [5.74, 6) is -0.593. The second kappa shape index (κ2) is 31.1. The van der Waals surface area contributed by atoms with Crippen molar-refractivity contribution in [3.63, 3.8) is 0 Å². The maximum absolute atomic E-state index is 12.9. The number of phosphoric ester groups is 1. The Hall–Kier alpha value is -0.960. The second-order valence-electron chi connectivity index (χ2n) is 15.4. The summed E-state index contributed by atoms with van der Waals surface area (Å²) < 4.78 is 22.7. The van der Waals surface area contributed by atoms with E-state index in [1.807, 2.05) is 0 Å². The summed E-state index contributed by atoms with van der Waals surface area (Å²) in [5, 5.41) is 74.1. The van der Waals surface area contributed by atoms with Gasteiger partial charge in [-0.15, -0.1) is 0 Å². The van der Waals surface area contributed by atoms with Crippen LogP contribution in [-0.4, -0.2) is 108 Å². The van der Waals surface area contributed by atoms with Crippen LogP contribution in [0.5, 0.6) is 0 Å². The van der Waals surface area contributed by atoms with Gasteiger partial charge in [0, 0.05) is 0 Å². The Morgan fingerprint density at radius 1 is 0.648 bits per heavy atom. The summed E-state index contributed by atoms with van der Waals surface area (Å²) in [6.45, 7) is 3.69. The van der Waals surface area contributed by atoms with Crippen molar-refractivity contribution in [3.05, 3.63) is 12.2 Å². The molecule has 0 aromatic rings. The molecule has 1 rings (SSSR count). The monoisotopic (exact) mass is 796 g/mol. The van der Waals surface area contributed by atoms with Crippen LogP contribution in [0.15, 0.2) is 12.2 Å². The molecule has 9 N–H and O–H groups in total. The first kappa shape index (κ1) is 51.1. The lowest BCUT2D eigenvalue weighted by Gasteiger charge is -2.41. The summed E-state index contributed by atoms with van der Waals surface area (Å²) in [7, 11) is -5.13. The van der Waals surface area contributed by atoms with Gasteiger partial charge in [0.25, 0.3) is 0 Å². The van der Waals surface area contributed by atoms with E-state index in [9.17, 15) is 50.0 Å². The van der Waals surface area contributed by atoms with E-state index in [1.54, 1.807) is 6.08 Å². The van der Waals surface area contributed by atoms with Crippen LogP contribution >= 0.6 is 7.82 Å². The highest BCUT2D eigenvalue weighted by molar-refractivity contribution is 7.47. The molecule has 13 nitrogen and oxygen atoms in total. The Morgan fingerprint density at radius 3 is 1.52 bits per heavy atom. The van der Waals surface area contributed by atoms with Crippen LogP contribution in [0.4, 0.5) is 0 Å². The predicted molar refractivity (Wildman–Crippen MR) is 211 cm³/mol. The molecule has 0 radical (unpaired) electrons. The van der Waals surface area contributed by atoms with Crippen molar-refractivity contribution >= 4 is 13.7 Å². The van der Waals surface area contributed by atoms with Crippen LogP contribution in [0, 0.1) is 0 Å². The Balaban J connectivity index is 2.58. The van der Waals surface area contributed by atoms with E-state index in [4.69, 9.17) is 9.05 Å². The number of unbranched alkanes of at least 4 members (excludes halogenated alkanes) is 21. The van der Waals surface area contributed by atoms with Gasteiger partial charge in [-0.25, -0.2) is 4.57 Å². The Labute approximate surface area is 325 Å². The molecule has 1 amide bonds. The third-order valence-electron chi connectivity index (χ3n) is 10.4. The van der Waals surface area contributed by atoms with Crippen LogP contribution < -0.4 is 5.32 Å². The van der Waals surface area contributed by atoms with Gasteiger partial charge in [-0.1, -0.05) is 161 Å². The van der Waals surface area contributed by atoms with Crippen LogP contribution in [-0.2, 0) is 18.4 Å². The molecule has 1 saturated carbocycles. The van der Waals surface area contributed by atoms with Gasteiger partial charge >= 0.3 is 7.82 Å². The largest absolute Gasteiger partial charge is 0.472 e. The fourth-order valence-electron chi connectivity index (χ4n) is 6.83. The minimum atomic E-state index is -5.13. The third kappa shape index (κ3) is 23.3. The molecule has 0 spiro atoms. The summed E-state index contributed by atoms with van der Waals surface area (Å²) >= 11 is 0.